The van der Waals surface area contributed by atoms with Crippen molar-refractivity contribution in [3.63, 3.8) is 0 Å². The Morgan fingerprint density at radius 1 is 0.680 bits per heavy atom. The molecule has 1 amide bonds. The van der Waals surface area contributed by atoms with Gasteiger partial charge in [-0.3, -0.25) is 4.79 Å². The highest BCUT2D eigenvalue weighted by Gasteiger charge is 2.14. The average molecular weight is 335 g/mol. The van der Waals surface area contributed by atoms with E-state index >= 15 is 0 Å². The molecular weight excluding hydrogens is 322 g/mol. The smallest absolute Gasteiger partial charge is 0.335 e. The number of benzene rings is 3. The van der Waals surface area contributed by atoms with Crippen molar-refractivity contribution in [2.45, 2.75) is 0 Å². The third-order valence-electron chi connectivity index (χ3n) is 3.70. The number of fused-ring (bicyclic) bond motifs is 1. The van der Waals surface area contributed by atoms with Gasteiger partial charge in [-0.15, -0.1) is 0 Å². The maximum Gasteiger partial charge on any atom is 0.335 e. The van der Waals surface area contributed by atoms with Gasteiger partial charge in [0, 0.05) is 11.3 Å². The summed E-state index contributed by atoms with van der Waals surface area (Å²) >= 11 is 0. The lowest BCUT2D eigenvalue weighted by Crippen LogP contribution is -2.13. The van der Waals surface area contributed by atoms with E-state index in [1.54, 1.807) is 18.2 Å². The van der Waals surface area contributed by atoms with E-state index in [1.807, 2.05) is 24.3 Å². The highest BCUT2D eigenvalue weighted by molar-refractivity contribution is 6.07. The van der Waals surface area contributed by atoms with E-state index in [1.165, 1.54) is 12.1 Å². The Bertz CT molecular complexity index is 977. The molecule has 0 spiro atoms. The first-order chi connectivity index (χ1) is 11.9. The average Bonchev–Trinajstić information content (AvgIpc) is 2.60. The molecule has 0 aliphatic rings. The molecule has 0 aliphatic carbocycles. The fourth-order valence-electron chi connectivity index (χ4n) is 2.48. The number of hydrogen-bond acceptors (Lipinski definition) is 3. The van der Waals surface area contributed by atoms with E-state index in [9.17, 15) is 14.4 Å². The molecule has 0 saturated carbocycles. The number of amides is 1. The van der Waals surface area contributed by atoms with Gasteiger partial charge in [-0.2, -0.15) is 0 Å². The van der Waals surface area contributed by atoms with Crippen molar-refractivity contribution in [3.8, 4) is 0 Å². The van der Waals surface area contributed by atoms with Crippen LogP contribution in [0.4, 0.5) is 5.69 Å². The Morgan fingerprint density at radius 3 is 1.88 bits per heavy atom. The molecule has 0 bridgehead atoms. The first kappa shape index (κ1) is 16.2. The van der Waals surface area contributed by atoms with Crippen molar-refractivity contribution in [1.29, 1.82) is 0 Å². The Hall–Kier alpha value is -3.67. The van der Waals surface area contributed by atoms with Gasteiger partial charge in [0.15, 0.2) is 0 Å². The molecule has 0 heterocycles. The Morgan fingerprint density at radius 2 is 1.28 bits per heavy atom. The van der Waals surface area contributed by atoms with Crippen molar-refractivity contribution in [1.82, 2.24) is 0 Å². The van der Waals surface area contributed by atoms with E-state index in [2.05, 4.69) is 5.32 Å². The minimum absolute atomic E-state index is 0.107. The molecule has 3 aromatic carbocycles. The fourth-order valence-corrected chi connectivity index (χ4v) is 2.48. The highest BCUT2D eigenvalue weighted by atomic mass is 16.4. The maximum atomic E-state index is 12.4. The predicted molar refractivity (Wildman–Crippen MR) is 92.3 cm³/mol. The standard InChI is InChI=1S/C19H13NO5/c21-17(13-6-5-11-3-1-2-4-12(11)7-13)20-16-9-14(18(22)23)8-15(10-16)19(24)25/h1-10H,(H,20,21)(H,22,23)(H,24,25). The summed E-state index contributed by atoms with van der Waals surface area (Å²) in [6.45, 7) is 0. The number of carboxylic acid groups (broad SMARTS) is 2. The minimum Gasteiger partial charge on any atom is -0.478 e. The first-order valence-electron chi connectivity index (χ1n) is 7.36. The van der Waals surface area contributed by atoms with Gasteiger partial charge >= 0.3 is 11.9 Å². The fraction of sp³-hybridized carbons (Fsp3) is 0. The summed E-state index contributed by atoms with van der Waals surface area (Å²) in [7, 11) is 0. The number of rotatable bonds is 4. The molecule has 0 aromatic heterocycles. The van der Waals surface area contributed by atoms with Gasteiger partial charge in [0.25, 0.3) is 5.91 Å². The normalized spacial score (nSPS) is 10.4. The van der Waals surface area contributed by atoms with Crippen molar-refractivity contribution < 1.29 is 24.6 Å². The molecule has 0 radical (unpaired) electrons. The Kier molecular flexibility index (Phi) is 4.18. The largest absolute Gasteiger partial charge is 0.478 e. The van der Waals surface area contributed by atoms with Gasteiger partial charge < -0.3 is 15.5 Å². The molecular formula is C19H13NO5. The van der Waals surface area contributed by atoms with Crippen molar-refractivity contribution in [2.75, 3.05) is 5.32 Å². The van der Waals surface area contributed by atoms with E-state index in [0.717, 1.165) is 16.8 Å². The number of nitrogens with one attached hydrogen (secondary N) is 1. The SMILES string of the molecule is O=C(O)c1cc(NC(=O)c2ccc3ccccc3c2)cc(C(=O)O)c1. The van der Waals surface area contributed by atoms with Crippen molar-refractivity contribution in [2.24, 2.45) is 0 Å². The van der Waals surface area contributed by atoms with Crippen LogP contribution in [-0.2, 0) is 0 Å². The van der Waals surface area contributed by atoms with Crippen LogP contribution in [0.15, 0.2) is 60.7 Å². The zero-order chi connectivity index (χ0) is 18.0. The van der Waals surface area contributed by atoms with Gasteiger partial charge in [-0.1, -0.05) is 30.3 Å². The van der Waals surface area contributed by atoms with Gasteiger partial charge in [0.1, 0.15) is 0 Å². The number of carbonyl (C=O) groups is 3. The lowest BCUT2D eigenvalue weighted by molar-refractivity contribution is 0.0696. The molecule has 124 valence electrons. The second-order valence-corrected chi connectivity index (χ2v) is 5.43. The summed E-state index contributed by atoms with van der Waals surface area (Å²) in [5.41, 5.74) is 0.0641. The van der Waals surface area contributed by atoms with Crippen LogP contribution in [0.2, 0.25) is 0 Å². The summed E-state index contributed by atoms with van der Waals surface area (Å²) in [4.78, 5) is 34.7. The summed E-state index contributed by atoms with van der Waals surface area (Å²) in [6, 6.07) is 16.2. The third-order valence-corrected chi connectivity index (χ3v) is 3.70. The second-order valence-electron chi connectivity index (χ2n) is 5.43. The molecule has 0 aliphatic heterocycles. The van der Waals surface area contributed by atoms with Gasteiger partial charge in [-0.05, 0) is 41.1 Å². The van der Waals surface area contributed by atoms with Crippen LogP contribution >= 0.6 is 0 Å². The molecule has 0 saturated heterocycles. The first-order valence-corrected chi connectivity index (χ1v) is 7.36. The molecule has 6 nitrogen and oxygen atoms in total. The molecule has 0 fully saturated rings. The molecule has 0 atom stereocenters. The second kappa shape index (κ2) is 6.45. The lowest BCUT2D eigenvalue weighted by atomic mass is 10.1. The number of carbonyl (C=O) groups excluding carboxylic acids is 1. The zero-order valence-electron chi connectivity index (χ0n) is 12.9. The monoisotopic (exact) mass is 335 g/mol. The summed E-state index contributed by atoms with van der Waals surface area (Å²) in [5, 5.41) is 22.6. The molecule has 3 aromatic rings. The molecule has 25 heavy (non-hydrogen) atoms. The predicted octanol–water partition coefficient (Wildman–Crippen LogP) is 3.49. The zero-order valence-corrected chi connectivity index (χ0v) is 12.9. The van der Waals surface area contributed by atoms with Crippen LogP contribution in [0.5, 0.6) is 0 Å². The third kappa shape index (κ3) is 3.48. The summed E-state index contributed by atoms with van der Waals surface area (Å²) < 4.78 is 0. The molecule has 6 heteroatoms. The minimum atomic E-state index is -1.27. The van der Waals surface area contributed by atoms with E-state index < -0.39 is 17.8 Å². The molecule has 3 N–H and O–H groups in total. The molecule has 0 unspecified atom stereocenters. The van der Waals surface area contributed by atoms with Crippen molar-refractivity contribution >= 4 is 34.3 Å². The number of aromatic carboxylic acids is 2. The maximum absolute atomic E-state index is 12.4. The van der Waals surface area contributed by atoms with Crippen LogP contribution in [0.1, 0.15) is 31.1 Å². The molecule has 3 rings (SSSR count). The van der Waals surface area contributed by atoms with Crippen molar-refractivity contribution in [3.05, 3.63) is 77.4 Å². The van der Waals surface area contributed by atoms with E-state index in [4.69, 9.17) is 10.2 Å². The van der Waals surface area contributed by atoms with E-state index in [-0.39, 0.29) is 16.8 Å². The van der Waals surface area contributed by atoms with Gasteiger partial charge in [0.05, 0.1) is 11.1 Å². The lowest BCUT2D eigenvalue weighted by Gasteiger charge is -2.08. The van der Waals surface area contributed by atoms with Crippen LogP contribution in [0.25, 0.3) is 10.8 Å². The van der Waals surface area contributed by atoms with Gasteiger partial charge in [-0.25, -0.2) is 9.59 Å². The Labute approximate surface area is 142 Å². The van der Waals surface area contributed by atoms with Crippen LogP contribution in [0, 0.1) is 0 Å². The number of hydrogen-bond donors (Lipinski definition) is 3. The van der Waals surface area contributed by atoms with Crippen LogP contribution in [0.3, 0.4) is 0 Å². The summed E-state index contributed by atoms with van der Waals surface area (Å²) in [5.74, 6) is -3.00. The Balaban J connectivity index is 1.93. The topological polar surface area (TPSA) is 104 Å². The quantitative estimate of drug-likeness (QED) is 0.677. The number of carboxylic acids is 2. The van der Waals surface area contributed by atoms with Crippen LogP contribution < -0.4 is 5.32 Å². The highest BCUT2D eigenvalue weighted by Crippen LogP contribution is 2.19. The summed E-state index contributed by atoms with van der Waals surface area (Å²) in [6.07, 6.45) is 0. The van der Waals surface area contributed by atoms with E-state index in [0.29, 0.717) is 5.56 Å². The van der Waals surface area contributed by atoms with Crippen LogP contribution in [-0.4, -0.2) is 28.1 Å². The van der Waals surface area contributed by atoms with Gasteiger partial charge in [0.2, 0.25) is 0 Å². The number of anilines is 1.